The minimum atomic E-state index is -0.476. The lowest BCUT2D eigenvalue weighted by Gasteiger charge is -2.07. The second-order valence-corrected chi connectivity index (χ2v) is 4.88. The molecule has 2 aromatic rings. The number of nitrogens with one attached hydrogen (secondary N) is 2. The van der Waals surface area contributed by atoms with Crippen molar-refractivity contribution in [3.63, 3.8) is 0 Å². The molecule has 0 spiro atoms. The zero-order valence-electron chi connectivity index (χ0n) is 12.7. The Kier molecular flexibility index (Phi) is 5.82. The summed E-state index contributed by atoms with van der Waals surface area (Å²) in [5.74, 6) is 1.26. The number of hydrazone groups is 1. The number of anilines is 1. The largest absolute Gasteiger partial charge is 0.497 e. The van der Waals surface area contributed by atoms with Crippen molar-refractivity contribution in [1.29, 1.82) is 0 Å². The van der Waals surface area contributed by atoms with Gasteiger partial charge in [0.2, 0.25) is 0 Å². The van der Waals surface area contributed by atoms with E-state index in [-0.39, 0.29) is 0 Å². The van der Waals surface area contributed by atoms with Gasteiger partial charge < -0.3 is 14.8 Å². The molecule has 23 heavy (non-hydrogen) atoms. The summed E-state index contributed by atoms with van der Waals surface area (Å²) < 4.78 is 10.4. The topological polar surface area (TPSA) is 72.0 Å². The highest BCUT2D eigenvalue weighted by Gasteiger charge is 2.03. The van der Waals surface area contributed by atoms with Gasteiger partial charge >= 0.3 is 6.03 Å². The fourth-order valence-electron chi connectivity index (χ4n) is 1.81. The summed E-state index contributed by atoms with van der Waals surface area (Å²) in [5.41, 5.74) is 3.65. The van der Waals surface area contributed by atoms with Gasteiger partial charge in [0.25, 0.3) is 0 Å². The molecule has 0 atom stereocenters. The first-order chi connectivity index (χ1) is 11.1. The van der Waals surface area contributed by atoms with Crippen molar-refractivity contribution in [2.75, 3.05) is 19.5 Å². The van der Waals surface area contributed by atoms with Crippen LogP contribution in [0.4, 0.5) is 10.5 Å². The molecule has 0 bridgehead atoms. The summed E-state index contributed by atoms with van der Waals surface area (Å²) in [6.07, 6.45) is 1.48. The van der Waals surface area contributed by atoms with Gasteiger partial charge in [-0.05, 0) is 30.3 Å². The number of carbonyl (C=O) groups is 1. The lowest BCUT2D eigenvalue weighted by Crippen LogP contribution is -2.24. The lowest BCUT2D eigenvalue weighted by atomic mass is 10.2. The molecule has 2 rings (SSSR count). The van der Waals surface area contributed by atoms with E-state index < -0.39 is 6.03 Å². The van der Waals surface area contributed by atoms with E-state index >= 15 is 0 Å². The zero-order chi connectivity index (χ0) is 16.7. The molecule has 2 amide bonds. The molecule has 2 aromatic carbocycles. The second-order valence-electron chi connectivity index (χ2n) is 4.44. The van der Waals surface area contributed by atoms with Crippen LogP contribution < -0.4 is 20.2 Å². The molecule has 0 aliphatic carbocycles. The van der Waals surface area contributed by atoms with E-state index in [1.54, 1.807) is 56.7 Å². The van der Waals surface area contributed by atoms with E-state index in [1.807, 2.05) is 0 Å². The molecule has 7 heteroatoms. The number of amides is 2. The van der Waals surface area contributed by atoms with Gasteiger partial charge in [-0.3, -0.25) is 0 Å². The molecule has 0 saturated heterocycles. The summed E-state index contributed by atoms with van der Waals surface area (Å²) in [7, 11) is 3.12. The molecule has 0 aliphatic heterocycles. The Morgan fingerprint density at radius 1 is 1.17 bits per heavy atom. The van der Waals surface area contributed by atoms with Crippen molar-refractivity contribution in [3.8, 4) is 11.5 Å². The first kappa shape index (κ1) is 16.6. The first-order valence-corrected chi connectivity index (χ1v) is 7.08. The Labute approximate surface area is 139 Å². The third-order valence-corrected chi connectivity index (χ3v) is 3.13. The van der Waals surface area contributed by atoms with Gasteiger partial charge in [0.15, 0.2) is 0 Å². The van der Waals surface area contributed by atoms with Crippen LogP contribution in [0.3, 0.4) is 0 Å². The predicted octanol–water partition coefficient (Wildman–Crippen LogP) is 3.51. The first-order valence-electron chi connectivity index (χ1n) is 6.70. The number of rotatable bonds is 5. The fraction of sp³-hybridized carbons (Fsp3) is 0.125. The molecule has 0 fully saturated rings. The number of methoxy groups -OCH3 is 2. The van der Waals surface area contributed by atoms with Crippen LogP contribution in [0.5, 0.6) is 11.5 Å². The minimum Gasteiger partial charge on any atom is -0.497 e. The number of halogens is 1. The number of nitrogens with zero attached hydrogens (tertiary/aromatic N) is 1. The molecular weight excluding hydrogens is 318 g/mol. The number of benzene rings is 2. The molecule has 0 radical (unpaired) electrons. The smallest absolute Gasteiger partial charge is 0.339 e. The predicted molar refractivity (Wildman–Crippen MR) is 90.7 cm³/mol. The SMILES string of the molecule is COc1ccc(/C=N\NC(=O)Nc2cccc(Cl)c2)c(OC)c1. The Morgan fingerprint density at radius 2 is 2.00 bits per heavy atom. The summed E-state index contributed by atoms with van der Waals surface area (Å²) in [6.45, 7) is 0. The molecule has 0 unspecified atom stereocenters. The highest BCUT2D eigenvalue weighted by atomic mass is 35.5. The van der Waals surface area contributed by atoms with Gasteiger partial charge in [-0.15, -0.1) is 0 Å². The van der Waals surface area contributed by atoms with Gasteiger partial charge in [-0.1, -0.05) is 17.7 Å². The van der Waals surface area contributed by atoms with Crippen LogP contribution >= 0.6 is 11.6 Å². The third kappa shape index (κ3) is 4.89. The van der Waals surface area contributed by atoms with Crippen molar-refractivity contribution >= 4 is 29.5 Å². The number of hydrogen-bond acceptors (Lipinski definition) is 4. The highest BCUT2D eigenvalue weighted by molar-refractivity contribution is 6.30. The molecule has 0 aromatic heterocycles. The van der Waals surface area contributed by atoms with E-state index in [1.165, 1.54) is 6.21 Å². The normalized spacial score (nSPS) is 10.4. The van der Waals surface area contributed by atoms with Gasteiger partial charge in [0.1, 0.15) is 11.5 Å². The van der Waals surface area contributed by atoms with Crippen molar-refractivity contribution in [1.82, 2.24) is 5.43 Å². The van der Waals surface area contributed by atoms with Crippen LogP contribution in [0.25, 0.3) is 0 Å². The van der Waals surface area contributed by atoms with Crippen LogP contribution in [0.15, 0.2) is 47.6 Å². The summed E-state index contributed by atoms with van der Waals surface area (Å²) in [6, 6.07) is 11.6. The van der Waals surface area contributed by atoms with Crippen molar-refractivity contribution in [3.05, 3.63) is 53.1 Å². The Balaban J connectivity index is 1.97. The molecule has 120 valence electrons. The van der Waals surface area contributed by atoms with Crippen LogP contribution in [0, 0.1) is 0 Å². The Morgan fingerprint density at radius 3 is 2.70 bits per heavy atom. The van der Waals surface area contributed by atoms with Crippen LogP contribution in [0.2, 0.25) is 5.02 Å². The van der Waals surface area contributed by atoms with Gasteiger partial charge in [0.05, 0.1) is 20.4 Å². The maximum atomic E-state index is 11.7. The molecule has 6 nitrogen and oxygen atoms in total. The third-order valence-electron chi connectivity index (χ3n) is 2.89. The average molecular weight is 334 g/mol. The zero-order valence-corrected chi connectivity index (χ0v) is 13.4. The fourth-order valence-corrected chi connectivity index (χ4v) is 2.00. The van der Waals surface area contributed by atoms with Crippen LogP contribution in [-0.4, -0.2) is 26.5 Å². The molecule has 0 heterocycles. The van der Waals surface area contributed by atoms with Gasteiger partial charge in [-0.25, -0.2) is 10.2 Å². The summed E-state index contributed by atoms with van der Waals surface area (Å²) in [4.78, 5) is 11.7. The lowest BCUT2D eigenvalue weighted by molar-refractivity contribution is 0.252. The van der Waals surface area contributed by atoms with E-state index in [9.17, 15) is 4.79 Å². The monoisotopic (exact) mass is 333 g/mol. The molecular formula is C16H16ClN3O3. The van der Waals surface area contributed by atoms with E-state index in [0.717, 1.165) is 0 Å². The van der Waals surface area contributed by atoms with E-state index in [0.29, 0.717) is 27.8 Å². The second kappa shape index (κ2) is 8.05. The number of hydrogen-bond donors (Lipinski definition) is 2. The van der Waals surface area contributed by atoms with Crippen molar-refractivity contribution < 1.29 is 14.3 Å². The van der Waals surface area contributed by atoms with Gasteiger partial charge in [0, 0.05) is 22.3 Å². The van der Waals surface area contributed by atoms with Crippen molar-refractivity contribution in [2.45, 2.75) is 0 Å². The maximum absolute atomic E-state index is 11.7. The summed E-state index contributed by atoms with van der Waals surface area (Å²) >= 11 is 5.85. The molecule has 2 N–H and O–H groups in total. The van der Waals surface area contributed by atoms with Crippen molar-refractivity contribution in [2.24, 2.45) is 5.10 Å². The quantitative estimate of drug-likeness (QED) is 0.649. The maximum Gasteiger partial charge on any atom is 0.339 e. The highest BCUT2D eigenvalue weighted by Crippen LogP contribution is 2.23. The molecule has 0 saturated carbocycles. The average Bonchev–Trinajstić information content (AvgIpc) is 2.55. The van der Waals surface area contributed by atoms with Crippen LogP contribution in [0.1, 0.15) is 5.56 Å². The standard InChI is InChI=1S/C16H16ClN3O3/c1-22-14-7-6-11(15(9-14)23-2)10-18-20-16(21)19-13-5-3-4-12(17)8-13/h3-10H,1-2H3,(H2,19,20,21)/b18-10-. The number of carbonyl (C=O) groups excluding carboxylic acids is 1. The van der Waals surface area contributed by atoms with Crippen LogP contribution in [-0.2, 0) is 0 Å². The Hall–Kier alpha value is -2.73. The summed E-state index contributed by atoms with van der Waals surface area (Å²) in [5, 5.41) is 7.04. The number of urea groups is 1. The minimum absolute atomic E-state index is 0.476. The van der Waals surface area contributed by atoms with E-state index in [4.69, 9.17) is 21.1 Å². The Bertz CT molecular complexity index is 719. The number of ether oxygens (including phenoxy) is 2. The van der Waals surface area contributed by atoms with Gasteiger partial charge in [-0.2, -0.15) is 5.10 Å². The van der Waals surface area contributed by atoms with E-state index in [2.05, 4.69) is 15.8 Å². The molecule has 0 aliphatic rings.